The molecule has 0 saturated heterocycles. The Labute approximate surface area is 57.4 Å². The van der Waals surface area contributed by atoms with Crippen molar-refractivity contribution in [2.75, 3.05) is 0 Å². The van der Waals surface area contributed by atoms with Crippen LogP contribution in [0.5, 0.6) is 0 Å². The fraction of sp³-hybridized carbons (Fsp3) is 0.750. The van der Waals surface area contributed by atoms with E-state index in [1.165, 1.54) is 19.3 Å². The van der Waals surface area contributed by atoms with Crippen molar-refractivity contribution in [3.63, 3.8) is 0 Å². The molecule has 1 N–H and O–H groups in total. The molecule has 0 aliphatic heterocycles. The fourth-order valence-electron chi connectivity index (χ4n) is 0.756. The van der Waals surface area contributed by atoms with Crippen molar-refractivity contribution in [2.24, 2.45) is 0 Å². The molecule has 0 unspecified atom stereocenters. The van der Waals surface area contributed by atoms with Crippen molar-refractivity contribution in [2.45, 2.75) is 39.0 Å². The van der Waals surface area contributed by atoms with Gasteiger partial charge in [-0.2, -0.15) is 0 Å². The molecule has 0 fully saturated rings. The smallest absolute Gasteiger partial charge is 0.0851 e. The Bertz CT molecular complexity index is 76.6. The summed E-state index contributed by atoms with van der Waals surface area (Å²) < 4.78 is 0. The van der Waals surface area contributed by atoms with Gasteiger partial charge in [-0.3, -0.25) is 0 Å². The average molecular weight is 128 g/mol. The van der Waals surface area contributed by atoms with Crippen LogP contribution in [0.4, 0.5) is 0 Å². The van der Waals surface area contributed by atoms with Crippen molar-refractivity contribution in [3.05, 3.63) is 12.3 Å². The standard InChI is InChI=1S/C8H16O/c1-3-4-5-6-7-8(2)9/h9H,2-7H2,1H3. The van der Waals surface area contributed by atoms with E-state index in [4.69, 9.17) is 5.11 Å². The molecule has 0 amide bonds. The Morgan fingerprint density at radius 1 is 1.33 bits per heavy atom. The van der Waals surface area contributed by atoms with Crippen molar-refractivity contribution >= 4 is 0 Å². The van der Waals surface area contributed by atoms with E-state index < -0.39 is 0 Å². The molecule has 0 aromatic rings. The van der Waals surface area contributed by atoms with Gasteiger partial charge in [0.1, 0.15) is 0 Å². The first-order valence-electron chi connectivity index (χ1n) is 3.64. The Morgan fingerprint density at radius 2 is 2.00 bits per heavy atom. The lowest BCUT2D eigenvalue weighted by Crippen LogP contribution is -1.79. The maximum atomic E-state index is 8.66. The third-order valence-corrected chi connectivity index (χ3v) is 1.32. The SMILES string of the molecule is C=C(O)CCCCCC. The number of allylic oxidation sites excluding steroid dienone is 1. The largest absolute Gasteiger partial charge is 0.513 e. The van der Waals surface area contributed by atoms with Crippen LogP contribution in [0, 0.1) is 0 Å². The van der Waals surface area contributed by atoms with E-state index in [9.17, 15) is 0 Å². The molecule has 1 heteroatoms. The molecule has 0 atom stereocenters. The summed E-state index contributed by atoms with van der Waals surface area (Å²) in [7, 11) is 0. The van der Waals surface area contributed by atoms with Crippen molar-refractivity contribution in [1.29, 1.82) is 0 Å². The molecule has 0 aliphatic rings. The van der Waals surface area contributed by atoms with Crippen LogP contribution >= 0.6 is 0 Å². The highest BCUT2D eigenvalue weighted by Crippen LogP contribution is 2.05. The first-order valence-corrected chi connectivity index (χ1v) is 3.64. The predicted octanol–water partition coefficient (Wildman–Crippen LogP) is 3.03. The molecule has 0 aliphatic carbocycles. The first kappa shape index (κ1) is 8.54. The van der Waals surface area contributed by atoms with Gasteiger partial charge < -0.3 is 5.11 Å². The number of hydrogen-bond acceptors (Lipinski definition) is 1. The van der Waals surface area contributed by atoms with Gasteiger partial charge >= 0.3 is 0 Å². The number of aliphatic hydroxyl groups is 1. The third kappa shape index (κ3) is 7.54. The fourth-order valence-corrected chi connectivity index (χ4v) is 0.756. The maximum absolute atomic E-state index is 8.66. The van der Waals surface area contributed by atoms with Crippen molar-refractivity contribution in [3.8, 4) is 0 Å². The van der Waals surface area contributed by atoms with Crippen LogP contribution in [-0.2, 0) is 0 Å². The van der Waals surface area contributed by atoms with Gasteiger partial charge in [-0.05, 0) is 6.42 Å². The second kappa shape index (κ2) is 5.67. The monoisotopic (exact) mass is 128 g/mol. The van der Waals surface area contributed by atoms with Crippen molar-refractivity contribution in [1.82, 2.24) is 0 Å². The summed E-state index contributed by atoms with van der Waals surface area (Å²) in [6.07, 6.45) is 5.60. The molecule has 54 valence electrons. The summed E-state index contributed by atoms with van der Waals surface area (Å²) >= 11 is 0. The van der Waals surface area contributed by atoms with Gasteiger partial charge in [0.25, 0.3) is 0 Å². The normalized spacial score (nSPS) is 9.44. The van der Waals surface area contributed by atoms with Crippen LogP contribution in [0.15, 0.2) is 12.3 Å². The van der Waals surface area contributed by atoms with Gasteiger partial charge in [-0.15, -0.1) is 0 Å². The van der Waals surface area contributed by atoms with Gasteiger partial charge in [-0.1, -0.05) is 32.8 Å². The Balaban J connectivity index is 2.83. The van der Waals surface area contributed by atoms with Gasteiger partial charge in [0.15, 0.2) is 0 Å². The molecule has 1 nitrogen and oxygen atoms in total. The topological polar surface area (TPSA) is 20.2 Å². The van der Waals surface area contributed by atoms with Crippen LogP contribution in [0.2, 0.25) is 0 Å². The summed E-state index contributed by atoms with van der Waals surface area (Å²) in [6, 6.07) is 0. The summed E-state index contributed by atoms with van der Waals surface area (Å²) in [5.41, 5.74) is 0. The van der Waals surface area contributed by atoms with E-state index in [0.717, 1.165) is 12.8 Å². The molecule has 0 aromatic carbocycles. The van der Waals surface area contributed by atoms with Crippen LogP contribution in [0.3, 0.4) is 0 Å². The molecule has 0 radical (unpaired) electrons. The predicted molar refractivity (Wildman–Crippen MR) is 40.5 cm³/mol. The van der Waals surface area contributed by atoms with Crippen LogP contribution < -0.4 is 0 Å². The van der Waals surface area contributed by atoms with E-state index in [1.54, 1.807) is 0 Å². The van der Waals surface area contributed by atoms with E-state index in [1.807, 2.05) is 0 Å². The zero-order valence-electron chi connectivity index (χ0n) is 6.19. The minimum atomic E-state index is 0.325. The Morgan fingerprint density at radius 3 is 2.44 bits per heavy atom. The summed E-state index contributed by atoms with van der Waals surface area (Å²) in [6.45, 7) is 5.58. The van der Waals surface area contributed by atoms with E-state index in [2.05, 4.69) is 13.5 Å². The molecular weight excluding hydrogens is 112 g/mol. The number of rotatable bonds is 5. The highest BCUT2D eigenvalue weighted by atomic mass is 16.3. The molecule has 0 bridgehead atoms. The zero-order chi connectivity index (χ0) is 7.11. The number of aliphatic hydroxyl groups excluding tert-OH is 1. The Hall–Kier alpha value is -0.460. The van der Waals surface area contributed by atoms with E-state index in [-0.39, 0.29) is 0 Å². The molecule has 0 rings (SSSR count). The first-order chi connectivity index (χ1) is 4.27. The lowest BCUT2D eigenvalue weighted by atomic mass is 10.1. The second-order valence-corrected chi connectivity index (χ2v) is 2.38. The van der Waals surface area contributed by atoms with Gasteiger partial charge in [0.05, 0.1) is 5.76 Å². The minimum Gasteiger partial charge on any atom is -0.513 e. The summed E-state index contributed by atoms with van der Waals surface area (Å²) in [4.78, 5) is 0. The highest BCUT2D eigenvalue weighted by Gasteiger charge is 1.88. The summed E-state index contributed by atoms with van der Waals surface area (Å²) in [5.74, 6) is 0.325. The number of hydrogen-bond donors (Lipinski definition) is 1. The second-order valence-electron chi connectivity index (χ2n) is 2.38. The molecule has 9 heavy (non-hydrogen) atoms. The number of unbranched alkanes of at least 4 members (excludes halogenated alkanes) is 3. The summed E-state index contributed by atoms with van der Waals surface area (Å²) in [5, 5.41) is 8.66. The minimum absolute atomic E-state index is 0.325. The highest BCUT2D eigenvalue weighted by molar-refractivity contribution is 4.77. The van der Waals surface area contributed by atoms with Gasteiger partial charge in [-0.25, -0.2) is 0 Å². The lowest BCUT2D eigenvalue weighted by molar-refractivity contribution is 0.383. The van der Waals surface area contributed by atoms with Crippen LogP contribution in [-0.4, -0.2) is 5.11 Å². The zero-order valence-corrected chi connectivity index (χ0v) is 6.19. The van der Waals surface area contributed by atoms with E-state index >= 15 is 0 Å². The third-order valence-electron chi connectivity index (χ3n) is 1.32. The molecule has 0 aromatic heterocycles. The molecular formula is C8H16O. The van der Waals surface area contributed by atoms with Gasteiger partial charge in [0.2, 0.25) is 0 Å². The van der Waals surface area contributed by atoms with Crippen LogP contribution in [0.1, 0.15) is 39.0 Å². The lowest BCUT2D eigenvalue weighted by Gasteiger charge is -1.96. The maximum Gasteiger partial charge on any atom is 0.0851 e. The van der Waals surface area contributed by atoms with Crippen molar-refractivity contribution < 1.29 is 5.11 Å². The Kier molecular flexibility index (Phi) is 5.38. The molecule has 0 heterocycles. The molecule has 0 saturated carbocycles. The molecule has 0 spiro atoms. The average Bonchev–Trinajstić information content (AvgIpc) is 1.80. The van der Waals surface area contributed by atoms with Gasteiger partial charge in [0, 0.05) is 6.42 Å². The quantitative estimate of drug-likeness (QED) is 0.445. The van der Waals surface area contributed by atoms with Crippen LogP contribution in [0.25, 0.3) is 0 Å². The van der Waals surface area contributed by atoms with E-state index in [0.29, 0.717) is 5.76 Å².